The Balaban J connectivity index is 1.66. The van der Waals surface area contributed by atoms with Crippen molar-refractivity contribution >= 4 is 34.8 Å². The standard InChI is InChI=1S/C24H23ClN2O4/c1-30-19-8-3-16(4-9-19)13-23(28)26-21-12-7-18(25)15-22(21)27-24(29)14-17-5-10-20(31-2)11-6-17/h3-12,15H,13-14H2,1-2H3,(H,26,28)(H,27,29). The number of anilines is 2. The van der Waals surface area contributed by atoms with Crippen LogP contribution in [0.15, 0.2) is 66.7 Å². The molecule has 3 aromatic carbocycles. The molecule has 6 nitrogen and oxygen atoms in total. The fourth-order valence-corrected chi connectivity index (χ4v) is 3.15. The molecule has 2 amide bonds. The van der Waals surface area contributed by atoms with E-state index in [1.807, 2.05) is 24.3 Å². The largest absolute Gasteiger partial charge is 0.497 e. The fraction of sp³-hybridized carbons (Fsp3) is 0.167. The quantitative estimate of drug-likeness (QED) is 0.533. The Hall–Kier alpha value is -3.51. The van der Waals surface area contributed by atoms with Crippen molar-refractivity contribution in [3.63, 3.8) is 0 Å². The van der Waals surface area contributed by atoms with Gasteiger partial charge in [-0.1, -0.05) is 35.9 Å². The van der Waals surface area contributed by atoms with Gasteiger partial charge in [0.15, 0.2) is 0 Å². The zero-order valence-corrected chi connectivity index (χ0v) is 18.0. The van der Waals surface area contributed by atoms with Crippen LogP contribution in [0, 0.1) is 0 Å². The van der Waals surface area contributed by atoms with Crippen LogP contribution in [0.25, 0.3) is 0 Å². The van der Waals surface area contributed by atoms with E-state index in [0.29, 0.717) is 16.4 Å². The van der Waals surface area contributed by atoms with Crippen LogP contribution in [-0.4, -0.2) is 26.0 Å². The predicted molar refractivity (Wildman–Crippen MR) is 122 cm³/mol. The van der Waals surface area contributed by atoms with Crippen molar-refractivity contribution in [2.75, 3.05) is 24.9 Å². The number of hydrogen-bond donors (Lipinski definition) is 2. The van der Waals surface area contributed by atoms with E-state index in [2.05, 4.69) is 10.6 Å². The van der Waals surface area contributed by atoms with Gasteiger partial charge in [0.05, 0.1) is 38.4 Å². The summed E-state index contributed by atoms with van der Waals surface area (Å²) in [4.78, 5) is 25.0. The maximum Gasteiger partial charge on any atom is 0.228 e. The van der Waals surface area contributed by atoms with E-state index in [4.69, 9.17) is 21.1 Å². The minimum absolute atomic E-state index is 0.176. The maximum absolute atomic E-state index is 12.5. The van der Waals surface area contributed by atoms with Gasteiger partial charge in [-0.25, -0.2) is 0 Å². The molecule has 0 saturated carbocycles. The van der Waals surface area contributed by atoms with Crippen LogP contribution in [0.5, 0.6) is 11.5 Å². The molecule has 0 spiro atoms. The molecule has 0 unspecified atom stereocenters. The number of ether oxygens (including phenoxy) is 2. The third-order valence-corrected chi connectivity index (χ3v) is 4.81. The van der Waals surface area contributed by atoms with Crippen LogP contribution >= 0.6 is 11.6 Å². The third-order valence-electron chi connectivity index (χ3n) is 4.58. The van der Waals surface area contributed by atoms with E-state index >= 15 is 0 Å². The molecule has 0 aromatic heterocycles. The van der Waals surface area contributed by atoms with Gasteiger partial charge in [-0.05, 0) is 53.6 Å². The van der Waals surface area contributed by atoms with Crippen molar-refractivity contribution in [3.8, 4) is 11.5 Å². The lowest BCUT2D eigenvalue weighted by Crippen LogP contribution is -2.19. The van der Waals surface area contributed by atoms with Gasteiger partial charge in [-0.3, -0.25) is 9.59 Å². The molecule has 0 aliphatic carbocycles. The molecule has 31 heavy (non-hydrogen) atoms. The van der Waals surface area contributed by atoms with E-state index in [1.54, 1.807) is 56.7 Å². The summed E-state index contributed by atoms with van der Waals surface area (Å²) in [6, 6.07) is 19.4. The van der Waals surface area contributed by atoms with E-state index in [0.717, 1.165) is 22.6 Å². The Morgan fingerprint density at radius 2 is 1.16 bits per heavy atom. The van der Waals surface area contributed by atoms with Crippen LogP contribution < -0.4 is 20.1 Å². The average molecular weight is 439 g/mol. The van der Waals surface area contributed by atoms with Gasteiger partial charge in [-0.15, -0.1) is 0 Å². The molecule has 0 bridgehead atoms. The normalized spacial score (nSPS) is 10.3. The minimum atomic E-state index is -0.224. The van der Waals surface area contributed by atoms with Crippen molar-refractivity contribution in [1.29, 1.82) is 0 Å². The molecule has 0 atom stereocenters. The summed E-state index contributed by atoms with van der Waals surface area (Å²) in [5.74, 6) is 1.01. The first-order valence-corrected chi connectivity index (χ1v) is 9.99. The first kappa shape index (κ1) is 22.2. The van der Waals surface area contributed by atoms with Crippen molar-refractivity contribution in [3.05, 3.63) is 82.9 Å². The number of methoxy groups -OCH3 is 2. The molecule has 7 heteroatoms. The first-order chi connectivity index (χ1) is 15.0. The molecule has 160 valence electrons. The highest BCUT2D eigenvalue weighted by molar-refractivity contribution is 6.31. The Morgan fingerprint density at radius 3 is 1.61 bits per heavy atom. The Labute approximate surface area is 186 Å². The highest BCUT2D eigenvalue weighted by Gasteiger charge is 2.12. The number of rotatable bonds is 8. The summed E-state index contributed by atoms with van der Waals surface area (Å²) in [5, 5.41) is 6.12. The first-order valence-electron chi connectivity index (χ1n) is 9.62. The van der Waals surface area contributed by atoms with Crippen molar-refractivity contribution < 1.29 is 19.1 Å². The van der Waals surface area contributed by atoms with Crippen LogP contribution in [0.2, 0.25) is 5.02 Å². The lowest BCUT2D eigenvalue weighted by molar-refractivity contribution is -0.116. The van der Waals surface area contributed by atoms with Crippen LogP contribution in [0.3, 0.4) is 0 Å². The molecule has 3 aromatic rings. The van der Waals surface area contributed by atoms with Crippen LogP contribution in [0.1, 0.15) is 11.1 Å². The van der Waals surface area contributed by atoms with Gasteiger partial charge >= 0.3 is 0 Å². The lowest BCUT2D eigenvalue weighted by Gasteiger charge is -2.13. The number of carbonyl (C=O) groups excluding carboxylic acids is 2. The second-order valence-electron chi connectivity index (χ2n) is 6.84. The minimum Gasteiger partial charge on any atom is -0.497 e. The van der Waals surface area contributed by atoms with Gasteiger partial charge in [-0.2, -0.15) is 0 Å². The van der Waals surface area contributed by atoms with Crippen molar-refractivity contribution in [1.82, 2.24) is 0 Å². The number of halogens is 1. The molecule has 3 rings (SSSR count). The van der Waals surface area contributed by atoms with Crippen molar-refractivity contribution in [2.24, 2.45) is 0 Å². The highest BCUT2D eigenvalue weighted by Crippen LogP contribution is 2.26. The van der Waals surface area contributed by atoms with Gasteiger partial charge in [0.1, 0.15) is 11.5 Å². The van der Waals surface area contributed by atoms with Gasteiger partial charge < -0.3 is 20.1 Å². The SMILES string of the molecule is COc1ccc(CC(=O)Nc2ccc(Cl)cc2NC(=O)Cc2ccc(OC)cc2)cc1. The monoisotopic (exact) mass is 438 g/mol. The fourth-order valence-electron chi connectivity index (χ4n) is 2.98. The van der Waals surface area contributed by atoms with Crippen LogP contribution in [0.4, 0.5) is 11.4 Å². The number of hydrogen-bond acceptors (Lipinski definition) is 4. The molecule has 2 N–H and O–H groups in total. The second-order valence-corrected chi connectivity index (χ2v) is 7.27. The third kappa shape index (κ3) is 6.49. The smallest absolute Gasteiger partial charge is 0.228 e. The maximum atomic E-state index is 12.5. The summed E-state index contributed by atoms with van der Waals surface area (Å²) < 4.78 is 10.3. The predicted octanol–water partition coefficient (Wildman–Crippen LogP) is 4.72. The summed E-state index contributed by atoms with van der Waals surface area (Å²) in [5.41, 5.74) is 2.60. The van der Waals surface area contributed by atoms with E-state index in [1.165, 1.54) is 0 Å². The van der Waals surface area contributed by atoms with Gasteiger partial charge in [0.25, 0.3) is 0 Å². The Bertz CT molecular complexity index is 1050. The molecule has 0 radical (unpaired) electrons. The topological polar surface area (TPSA) is 76.7 Å². The van der Waals surface area contributed by atoms with Crippen LogP contribution in [-0.2, 0) is 22.4 Å². The molecule has 0 saturated heterocycles. The number of amides is 2. The van der Waals surface area contributed by atoms with E-state index in [-0.39, 0.29) is 24.7 Å². The number of carbonyl (C=O) groups is 2. The van der Waals surface area contributed by atoms with Gasteiger partial charge in [0.2, 0.25) is 11.8 Å². The Morgan fingerprint density at radius 1 is 0.710 bits per heavy atom. The summed E-state index contributed by atoms with van der Waals surface area (Å²) in [6.07, 6.45) is 0.363. The molecular formula is C24H23ClN2O4. The van der Waals surface area contributed by atoms with Gasteiger partial charge in [0, 0.05) is 5.02 Å². The Kier molecular flexibility index (Phi) is 7.51. The lowest BCUT2D eigenvalue weighted by atomic mass is 10.1. The average Bonchev–Trinajstić information content (AvgIpc) is 2.76. The molecular weight excluding hydrogens is 416 g/mol. The zero-order chi connectivity index (χ0) is 22.2. The summed E-state index contributed by atoms with van der Waals surface area (Å²) in [6.45, 7) is 0. The second kappa shape index (κ2) is 10.5. The summed E-state index contributed by atoms with van der Waals surface area (Å²) >= 11 is 6.10. The molecule has 0 fully saturated rings. The number of nitrogens with one attached hydrogen (secondary N) is 2. The zero-order valence-electron chi connectivity index (χ0n) is 17.3. The molecule has 0 aliphatic rings. The van der Waals surface area contributed by atoms with E-state index in [9.17, 15) is 9.59 Å². The molecule has 0 aliphatic heterocycles. The number of benzene rings is 3. The molecule has 0 heterocycles. The summed E-state index contributed by atoms with van der Waals surface area (Å²) in [7, 11) is 3.18. The van der Waals surface area contributed by atoms with E-state index < -0.39 is 0 Å². The van der Waals surface area contributed by atoms with Crippen molar-refractivity contribution in [2.45, 2.75) is 12.8 Å². The highest BCUT2D eigenvalue weighted by atomic mass is 35.5.